The number of amides is 2. The van der Waals surface area contributed by atoms with Gasteiger partial charge in [-0.1, -0.05) is 18.2 Å². The number of hydrogen-bond donors (Lipinski definition) is 1. The second kappa shape index (κ2) is 7.33. The van der Waals surface area contributed by atoms with Crippen LogP contribution in [0, 0.1) is 25.2 Å². The van der Waals surface area contributed by atoms with E-state index in [1.807, 2.05) is 6.92 Å². The highest BCUT2D eigenvalue weighted by atomic mass is 16.5. The highest BCUT2D eigenvalue weighted by molar-refractivity contribution is 5.81. The number of nitrogens with one attached hydrogen (secondary N) is 1. The number of nitrogens with zero attached hydrogens (tertiary/aromatic N) is 1. The highest BCUT2D eigenvalue weighted by Gasteiger charge is 2.50. The van der Waals surface area contributed by atoms with Gasteiger partial charge in [0, 0.05) is 24.5 Å². The Hall–Kier alpha value is -2.04. The van der Waals surface area contributed by atoms with Crippen LogP contribution < -0.4 is 5.32 Å². The maximum atomic E-state index is 12.9. The minimum Gasteiger partial charge on any atom is -0.453 e. The molecule has 1 aromatic rings. The summed E-state index contributed by atoms with van der Waals surface area (Å²) in [6.07, 6.45) is 5.79. The van der Waals surface area contributed by atoms with Crippen molar-refractivity contribution in [2.75, 3.05) is 20.2 Å². The van der Waals surface area contributed by atoms with Crippen molar-refractivity contribution in [3.05, 3.63) is 34.9 Å². The van der Waals surface area contributed by atoms with Gasteiger partial charge in [-0.2, -0.15) is 0 Å². The van der Waals surface area contributed by atoms with E-state index in [1.54, 1.807) is 0 Å². The molecule has 2 saturated carbocycles. The molecule has 2 amide bonds. The summed E-state index contributed by atoms with van der Waals surface area (Å²) in [5.74, 6) is 0.999. The van der Waals surface area contributed by atoms with Gasteiger partial charge in [-0.3, -0.25) is 4.79 Å². The van der Waals surface area contributed by atoms with E-state index in [9.17, 15) is 9.59 Å². The molecule has 2 aliphatic carbocycles. The molecule has 1 N–H and O–H groups in total. The van der Waals surface area contributed by atoms with E-state index in [-0.39, 0.29) is 17.4 Å². The third kappa shape index (κ3) is 3.76. The molecule has 0 bridgehead atoms. The number of carbonyl (C=O) groups excluding carboxylic acids is 2. The van der Waals surface area contributed by atoms with E-state index in [1.165, 1.54) is 36.6 Å². The highest BCUT2D eigenvalue weighted by Crippen LogP contribution is 2.57. The number of alkyl carbamates (subject to hydrolysis) is 1. The van der Waals surface area contributed by atoms with Gasteiger partial charge in [-0.25, -0.2) is 4.79 Å². The molecule has 0 aromatic heterocycles. The number of methoxy groups -OCH3 is 1. The minimum atomic E-state index is -0.415. The quantitative estimate of drug-likeness (QED) is 0.825. The lowest BCUT2D eigenvalue weighted by Crippen LogP contribution is -2.59. The van der Waals surface area contributed by atoms with Gasteiger partial charge in [0.1, 0.15) is 0 Å². The molecular formula is C24H34N2O3. The van der Waals surface area contributed by atoms with Crippen molar-refractivity contribution in [2.24, 2.45) is 11.3 Å². The molecule has 158 valence electrons. The minimum absolute atomic E-state index is 0.0373. The van der Waals surface area contributed by atoms with Crippen molar-refractivity contribution in [3.63, 3.8) is 0 Å². The Kier molecular flexibility index (Phi) is 5.12. The van der Waals surface area contributed by atoms with Gasteiger partial charge in [-0.15, -0.1) is 0 Å². The predicted molar refractivity (Wildman–Crippen MR) is 113 cm³/mol. The van der Waals surface area contributed by atoms with Crippen LogP contribution in [0.2, 0.25) is 0 Å². The molecule has 0 atom stereocenters. The van der Waals surface area contributed by atoms with E-state index >= 15 is 0 Å². The lowest BCUT2D eigenvalue weighted by Gasteiger charge is -2.54. The van der Waals surface area contributed by atoms with Gasteiger partial charge in [0.25, 0.3) is 0 Å². The zero-order chi connectivity index (χ0) is 20.8. The van der Waals surface area contributed by atoms with E-state index in [4.69, 9.17) is 0 Å². The summed E-state index contributed by atoms with van der Waals surface area (Å²) >= 11 is 0. The van der Waals surface area contributed by atoms with E-state index in [0.717, 1.165) is 25.9 Å². The molecule has 1 heterocycles. The van der Waals surface area contributed by atoms with Crippen LogP contribution in [0.15, 0.2) is 18.2 Å². The molecule has 0 unspecified atom stereocenters. The van der Waals surface area contributed by atoms with Crippen LogP contribution >= 0.6 is 0 Å². The van der Waals surface area contributed by atoms with Crippen LogP contribution in [-0.4, -0.2) is 42.6 Å². The van der Waals surface area contributed by atoms with E-state index in [0.29, 0.717) is 24.2 Å². The maximum Gasteiger partial charge on any atom is 0.407 e. The zero-order valence-electron chi connectivity index (χ0n) is 18.2. The number of likely N-dealkylation sites (tertiary alicyclic amines) is 1. The Morgan fingerprint density at radius 2 is 1.76 bits per heavy atom. The molecule has 5 heteroatoms. The molecule has 4 rings (SSSR count). The van der Waals surface area contributed by atoms with Crippen LogP contribution in [0.25, 0.3) is 0 Å². The Labute approximate surface area is 174 Å². The number of carbonyl (C=O) groups is 2. The van der Waals surface area contributed by atoms with Crippen LogP contribution in [0.1, 0.15) is 68.1 Å². The molecule has 1 spiro atoms. The molecule has 5 nitrogen and oxygen atoms in total. The monoisotopic (exact) mass is 398 g/mol. The maximum absolute atomic E-state index is 12.9. The summed E-state index contributed by atoms with van der Waals surface area (Å²) < 4.78 is 4.68. The van der Waals surface area contributed by atoms with E-state index in [2.05, 4.69) is 47.0 Å². The first-order chi connectivity index (χ1) is 13.7. The van der Waals surface area contributed by atoms with Gasteiger partial charge in [-0.05, 0) is 87.3 Å². The average Bonchev–Trinajstić information content (AvgIpc) is 2.66. The number of benzene rings is 1. The van der Waals surface area contributed by atoms with Gasteiger partial charge in [0.2, 0.25) is 5.91 Å². The van der Waals surface area contributed by atoms with Crippen molar-refractivity contribution in [3.8, 4) is 0 Å². The van der Waals surface area contributed by atoms with Crippen molar-refractivity contribution in [1.29, 1.82) is 0 Å². The summed E-state index contributed by atoms with van der Waals surface area (Å²) in [4.78, 5) is 26.4. The van der Waals surface area contributed by atoms with Crippen LogP contribution in [0.5, 0.6) is 0 Å². The molecule has 3 fully saturated rings. The van der Waals surface area contributed by atoms with Crippen molar-refractivity contribution < 1.29 is 14.3 Å². The Morgan fingerprint density at radius 3 is 2.38 bits per heavy atom. The number of ether oxygens (including phenoxy) is 1. The molecule has 29 heavy (non-hydrogen) atoms. The summed E-state index contributed by atoms with van der Waals surface area (Å²) in [7, 11) is 1.37. The summed E-state index contributed by atoms with van der Waals surface area (Å²) in [6.45, 7) is 8.20. The fourth-order valence-corrected chi connectivity index (χ4v) is 5.89. The van der Waals surface area contributed by atoms with Gasteiger partial charge in [0.05, 0.1) is 7.11 Å². The van der Waals surface area contributed by atoms with Crippen molar-refractivity contribution >= 4 is 12.0 Å². The summed E-state index contributed by atoms with van der Waals surface area (Å²) in [6, 6.07) is 6.68. The molecule has 1 aliphatic heterocycles. The van der Waals surface area contributed by atoms with Gasteiger partial charge in [0.15, 0.2) is 0 Å². The predicted octanol–water partition coefficient (Wildman–Crippen LogP) is 4.31. The average molecular weight is 399 g/mol. The third-order valence-corrected chi connectivity index (χ3v) is 7.91. The number of piperidine rings is 1. The molecule has 1 aromatic carbocycles. The topological polar surface area (TPSA) is 58.6 Å². The fraction of sp³-hybridized carbons (Fsp3) is 0.667. The van der Waals surface area contributed by atoms with Gasteiger partial charge >= 0.3 is 6.09 Å². The second-order valence-electron chi connectivity index (χ2n) is 10.0. The lowest BCUT2D eigenvalue weighted by atomic mass is 9.55. The number of aryl methyl sites for hydroxylation is 1. The SMILES string of the molecule is COC(=O)N[C@]1(C)C[C@H](C(=O)N2CCC3(CC2)CC(c2cccc(C)c2C)C3)C1. The Morgan fingerprint density at radius 1 is 1.10 bits per heavy atom. The van der Waals surface area contributed by atoms with Crippen LogP contribution in [-0.2, 0) is 9.53 Å². The smallest absolute Gasteiger partial charge is 0.407 e. The third-order valence-electron chi connectivity index (χ3n) is 7.91. The first kappa shape index (κ1) is 20.2. The Bertz CT molecular complexity index is 796. The molecule has 1 saturated heterocycles. The van der Waals surface area contributed by atoms with Crippen molar-refractivity contribution in [2.45, 2.75) is 70.8 Å². The number of hydrogen-bond acceptors (Lipinski definition) is 3. The molecule has 0 radical (unpaired) electrons. The lowest BCUT2D eigenvalue weighted by molar-refractivity contribution is -0.144. The largest absolute Gasteiger partial charge is 0.453 e. The zero-order valence-corrected chi connectivity index (χ0v) is 18.2. The summed E-state index contributed by atoms with van der Waals surface area (Å²) in [5.41, 5.74) is 4.50. The van der Waals surface area contributed by atoms with Crippen LogP contribution in [0.4, 0.5) is 4.79 Å². The first-order valence-electron chi connectivity index (χ1n) is 11.0. The normalized spacial score (nSPS) is 28.4. The Balaban J connectivity index is 1.26. The number of rotatable bonds is 3. The van der Waals surface area contributed by atoms with Crippen molar-refractivity contribution in [1.82, 2.24) is 10.2 Å². The standard InChI is InChI=1S/C24H34N2O3/c1-16-6-5-7-20(17(16)2)18-14-24(15-18)8-10-26(11-9-24)21(27)19-12-23(3,13-19)25-22(28)29-4/h5-7,18-19H,8-15H2,1-4H3,(H,25,28)/t19-,23+. The van der Waals surface area contributed by atoms with E-state index < -0.39 is 6.09 Å². The fourth-order valence-electron chi connectivity index (χ4n) is 5.89. The second-order valence-corrected chi connectivity index (χ2v) is 10.0. The molecular weight excluding hydrogens is 364 g/mol. The van der Waals surface area contributed by atoms with Gasteiger partial charge < -0.3 is 15.0 Å². The van der Waals surface area contributed by atoms with Crippen LogP contribution in [0.3, 0.4) is 0 Å². The molecule has 3 aliphatic rings. The first-order valence-corrected chi connectivity index (χ1v) is 11.0. The summed E-state index contributed by atoms with van der Waals surface area (Å²) in [5, 5.41) is 2.86.